The van der Waals surface area contributed by atoms with E-state index >= 15 is 0 Å². The van der Waals surface area contributed by atoms with Gasteiger partial charge in [0.15, 0.2) is 0 Å². The van der Waals surface area contributed by atoms with Crippen molar-refractivity contribution in [3.05, 3.63) is 202 Å². The van der Waals surface area contributed by atoms with Gasteiger partial charge in [0.1, 0.15) is 0 Å². The zero-order valence-corrected chi connectivity index (χ0v) is 36.6. The molecule has 0 amide bonds. The minimum Gasteiger partial charge on any atom is -0.313 e. The fraction of sp³-hybridized carbons (Fsp3) is 0.117. The van der Waals surface area contributed by atoms with Gasteiger partial charge in [-0.1, -0.05) is 122 Å². The van der Waals surface area contributed by atoms with Crippen LogP contribution >= 0.6 is 11.3 Å². The minimum atomic E-state index is 0.609. The van der Waals surface area contributed by atoms with Crippen LogP contribution in [-0.2, 0) is 25.7 Å². The third kappa shape index (κ3) is 5.68. The molecule has 3 heterocycles. The Labute approximate surface area is 376 Å². The van der Waals surface area contributed by atoms with E-state index in [1.807, 2.05) is 11.3 Å². The SMILES string of the molecule is CCc1c(CC(=N)c2cccc(-c3ccc4c5ccccc5c5ccccc5c4c3)c2)sc2ccc(-n3c4c(c5cc(-n6c7c(c8ccccc86)CCC=C7)ccc53)C=CCC4)cc12. The second-order valence-electron chi connectivity index (χ2n) is 17.6. The lowest BCUT2D eigenvalue weighted by Crippen LogP contribution is -2.04. The molecule has 64 heavy (non-hydrogen) atoms. The van der Waals surface area contributed by atoms with Crippen LogP contribution in [0.3, 0.4) is 0 Å². The maximum absolute atomic E-state index is 9.51. The molecule has 0 atom stereocenters. The summed E-state index contributed by atoms with van der Waals surface area (Å²) in [7, 11) is 0. The van der Waals surface area contributed by atoms with Gasteiger partial charge in [0.05, 0.1) is 11.0 Å². The van der Waals surface area contributed by atoms with E-state index in [2.05, 4.69) is 192 Å². The van der Waals surface area contributed by atoms with E-state index in [1.54, 1.807) is 0 Å². The molecule has 8 aromatic carbocycles. The molecule has 13 rings (SSSR count). The van der Waals surface area contributed by atoms with Crippen molar-refractivity contribution < 1.29 is 0 Å². The topological polar surface area (TPSA) is 33.7 Å². The summed E-state index contributed by atoms with van der Waals surface area (Å²) >= 11 is 1.86. The van der Waals surface area contributed by atoms with Crippen LogP contribution in [0.25, 0.3) is 98.9 Å². The van der Waals surface area contributed by atoms with Crippen LogP contribution < -0.4 is 0 Å². The zero-order valence-electron chi connectivity index (χ0n) is 35.8. The number of hydrogen-bond acceptors (Lipinski definition) is 2. The smallest absolute Gasteiger partial charge is 0.0539 e. The fourth-order valence-electron chi connectivity index (χ4n) is 11.2. The highest BCUT2D eigenvalue weighted by Gasteiger charge is 2.23. The Bertz CT molecular complexity index is 3790. The molecule has 2 aliphatic rings. The van der Waals surface area contributed by atoms with E-state index in [0.29, 0.717) is 12.1 Å². The molecule has 11 aromatic rings. The Morgan fingerprint density at radius 2 is 1.20 bits per heavy atom. The molecule has 0 bridgehead atoms. The Kier molecular flexibility index (Phi) is 8.54. The summed E-state index contributed by atoms with van der Waals surface area (Å²) in [6, 6.07) is 56.1. The number of thiophene rings is 1. The molecule has 0 fully saturated rings. The highest BCUT2D eigenvalue weighted by molar-refractivity contribution is 7.19. The summed E-state index contributed by atoms with van der Waals surface area (Å²) in [4.78, 5) is 1.29. The largest absolute Gasteiger partial charge is 0.313 e. The lowest BCUT2D eigenvalue weighted by Gasteiger charge is -2.14. The van der Waals surface area contributed by atoms with Gasteiger partial charge in [-0.3, -0.25) is 0 Å². The summed E-state index contributed by atoms with van der Waals surface area (Å²) in [5.41, 5.74) is 15.8. The number of nitrogens with one attached hydrogen (secondary N) is 1. The molecule has 0 saturated carbocycles. The average Bonchev–Trinajstić information content (AvgIpc) is 4.00. The number of allylic oxidation sites excluding steroid dienone is 2. The lowest BCUT2D eigenvalue weighted by molar-refractivity contribution is 0.889. The number of fused-ring (bicyclic) bond motifs is 13. The summed E-state index contributed by atoms with van der Waals surface area (Å²) in [6.07, 6.45) is 15.1. The van der Waals surface area contributed by atoms with Gasteiger partial charge in [0.25, 0.3) is 0 Å². The first-order chi connectivity index (χ1) is 31.6. The number of nitrogens with zero attached hydrogens (tertiary/aromatic N) is 2. The van der Waals surface area contributed by atoms with Crippen LogP contribution in [-0.4, -0.2) is 14.8 Å². The van der Waals surface area contributed by atoms with Crippen LogP contribution in [0.5, 0.6) is 0 Å². The second-order valence-corrected chi connectivity index (χ2v) is 18.8. The van der Waals surface area contributed by atoms with Crippen molar-refractivity contribution in [1.82, 2.24) is 9.13 Å². The standard InChI is InChI=1S/C60H45N3S/c1-2-42-53-35-41(63-57-25-12-9-22-50(57)52-34-40(27-30-58(52)63)62-55-23-10-7-20-48(55)49-21-8-11-24-56(49)62)28-31-59(53)64-60(42)36-54(61)39-15-13-14-37(32-39)38-26-29-47-45-18-4-3-16-43(45)44-17-5-6-19-46(44)51(47)33-38/h3-7,9-11,13-20,22-24,26-35,61H,2,8,12,21,25,36H2,1H3. The predicted octanol–water partition coefficient (Wildman–Crippen LogP) is 16.0. The predicted molar refractivity (Wildman–Crippen MR) is 275 cm³/mol. The van der Waals surface area contributed by atoms with Crippen LogP contribution in [0.4, 0.5) is 0 Å². The molecule has 306 valence electrons. The van der Waals surface area contributed by atoms with Gasteiger partial charge in [-0.05, 0) is 158 Å². The molecule has 0 radical (unpaired) electrons. The van der Waals surface area contributed by atoms with Crippen molar-refractivity contribution in [2.45, 2.75) is 45.4 Å². The number of para-hydroxylation sites is 1. The van der Waals surface area contributed by atoms with Crippen molar-refractivity contribution in [3.8, 4) is 22.5 Å². The van der Waals surface area contributed by atoms with Gasteiger partial charge < -0.3 is 14.5 Å². The monoisotopic (exact) mass is 839 g/mol. The van der Waals surface area contributed by atoms with Gasteiger partial charge in [0.2, 0.25) is 0 Å². The average molecular weight is 840 g/mol. The number of aromatic nitrogens is 2. The van der Waals surface area contributed by atoms with Crippen LogP contribution in [0.2, 0.25) is 0 Å². The van der Waals surface area contributed by atoms with Gasteiger partial charge in [-0.25, -0.2) is 0 Å². The summed E-state index contributed by atoms with van der Waals surface area (Å²) in [6.45, 7) is 2.27. The molecule has 0 unspecified atom stereocenters. The van der Waals surface area contributed by atoms with Crippen LogP contribution in [0.1, 0.15) is 58.3 Å². The third-order valence-corrected chi connectivity index (χ3v) is 15.3. The van der Waals surface area contributed by atoms with E-state index in [1.165, 1.54) is 114 Å². The van der Waals surface area contributed by atoms with Crippen molar-refractivity contribution in [1.29, 1.82) is 5.41 Å². The quantitative estimate of drug-likeness (QED) is 0.123. The third-order valence-electron chi connectivity index (χ3n) is 14.1. The molecule has 2 aliphatic carbocycles. The normalized spacial score (nSPS) is 13.5. The van der Waals surface area contributed by atoms with Crippen LogP contribution in [0, 0.1) is 5.41 Å². The number of aryl methyl sites for hydroxylation is 2. The van der Waals surface area contributed by atoms with Crippen molar-refractivity contribution in [2.75, 3.05) is 0 Å². The van der Waals surface area contributed by atoms with E-state index in [0.717, 1.165) is 43.2 Å². The Morgan fingerprint density at radius 3 is 2.02 bits per heavy atom. The first-order valence-corrected chi connectivity index (χ1v) is 23.6. The number of benzene rings is 8. The maximum atomic E-state index is 9.51. The van der Waals surface area contributed by atoms with Crippen LogP contribution in [0.15, 0.2) is 164 Å². The van der Waals surface area contributed by atoms with E-state index in [9.17, 15) is 5.41 Å². The number of hydrogen-bond donors (Lipinski definition) is 1. The zero-order chi connectivity index (χ0) is 42.5. The highest BCUT2D eigenvalue weighted by atomic mass is 32.1. The molecule has 3 aromatic heterocycles. The fourth-order valence-corrected chi connectivity index (χ4v) is 12.5. The Hall–Kier alpha value is -7.27. The molecular weight excluding hydrogens is 795 g/mol. The summed E-state index contributed by atoms with van der Waals surface area (Å²) in [5, 5.41) is 21.2. The Morgan fingerprint density at radius 1 is 0.547 bits per heavy atom. The Balaban J connectivity index is 0.854. The molecule has 0 spiro atoms. The molecule has 0 saturated heterocycles. The van der Waals surface area contributed by atoms with Gasteiger partial charge in [-0.2, -0.15) is 0 Å². The molecule has 1 N–H and O–H groups in total. The van der Waals surface area contributed by atoms with E-state index in [4.69, 9.17) is 0 Å². The number of rotatable bonds is 7. The molecule has 4 heteroatoms. The second kappa shape index (κ2) is 14.7. The first-order valence-electron chi connectivity index (χ1n) is 22.8. The van der Waals surface area contributed by atoms with E-state index < -0.39 is 0 Å². The molecular formula is C60H45N3S. The summed E-state index contributed by atoms with van der Waals surface area (Å²) < 4.78 is 6.30. The molecule has 3 nitrogen and oxygen atoms in total. The maximum Gasteiger partial charge on any atom is 0.0539 e. The van der Waals surface area contributed by atoms with Crippen molar-refractivity contribution in [3.63, 3.8) is 0 Å². The van der Waals surface area contributed by atoms with Crippen molar-refractivity contribution >= 4 is 93.4 Å². The minimum absolute atomic E-state index is 0.609. The lowest BCUT2D eigenvalue weighted by atomic mass is 9.91. The summed E-state index contributed by atoms with van der Waals surface area (Å²) in [5.74, 6) is 0. The van der Waals surface area contributed by atoms with Gasteiger partial charge in [-0.15, -0.1) is 11.3 Å². The highest BCUT2D eigenvalue weighted by Crippen LogP contribution is 2.42. The van der Waals surface area contributed by atoms with Crippen molar-refractivity contribution in [2.24, 2.45) is 0 Å². The van der Waals surface area contributed by atoms with Gasteiger partial charge >= 0.3 is 0 Å². The molecule has 0 aliphatic heterocycles. The first kappa shape index (κ1) is 37.3. The van der Waals surface area contributed by atoms with E-state index in [-0.39, 0.29) is 0 Å². The van der Waals surface area contributed by atoms with Gasteiger partial charge in [0, 0.05) is 60.8 Å².